The van der Waals surface area contributed by atoms with Gasteiger partial charge in [0.1, 0.15) is 12.1 Å². The van der Waals surface area contributed by atoms with Gasteiger partial charge in [0.15, 0.2) is 0 Å². The first-order valence-electron chi connectivity index (χ1n) is 14.1. The Morgan fingerprint density at radius 2 is 1.95 bits per heavy atom. The van der Waals surface area contributed by atoms with Crippen molar-refractivity contribution in [1.29, 1.82) is 0 Å². The van der Waals surface area contributed by atoms with Gasteiger partial charge in [-0.05, 0) is 82.1 Å². The number of nitrogens with zero attached hydrogens (tertiary/aromatic N) is 6. The highest BCUT2D eigenvalue weighted by molar-refractivity contribution is 6.01. The molecule has 2 aromatic carbocycles. The van der Waals surface area contributed by atoms with E-state index in [9.17, 15) is 4.79 Å². The first-order valence-corrected chi connectivity index (χ1v) is 14.1. The van der Waals surface area contributed by atoms with Crippen LogP contribution in [-0.2, 0) is 24.7 Å². The lowest BCUT2D eigenvalue weighted by molar-refractivity contribution is -0.111. The van der Waals surface area contributed by atoms with Gasteiger partial charge in [-0.1, -0.05) is 18.7 Å². The fourth-order valence-corrected chi connectivity index (χ4v) is 5.61. The number of carbonyl (C=O) groups is 1. The summed E-state index contributed by atoms with van der Waals surface area (Å²) in [5, 5.41) is 8.48. The topological polar surface area (TPSA) is 88.4 Å². The molecular weight excluding hydrogens is 514 g/mol. The molecule has 4 aromatic rings. The van der Waals surface area contributed by atoms with Gasteiger partial charge in [0.25, 0.3) is 0 Å². The molecule has 1 aliphatic heterocycles. The normalized spacial score (nSPS) is 14.2. The Labute approximate surface area is 241 Å². The number of anilines is 2. The lowest BCUT2D eigenvalue weighted by atomic mass is 10.00. The molecule has 0 atom stereocenters. The average Bonchev–Trinajstić information content (AvgIpc) is 3.37. The van der Waals surface area contributed by atoms with Crippen LogP contribution in [0.4, 0.5) is 11.4 Å². The second-order valence-electron chi connectivity index (χ2n) is 10.8. The number of benzene rings is 2. The predicted molar refractivity (Wildman–Crippen MR) is 165 cm³/mol. The number of amides is 1. The zero-order chi connectivity index (χ0) is 28.9. The van der Waals surface area contributed by atoms with Crippen molar-refractivity contribution in [3.8, 4) is 17.0 Å². The number of rotatable bonds is 10. The Kier molecular flexibility index (Phi) is 8.64. The lowest BCUT2D eigenvalue weighted by Crippen LogP contribution is -2.42. The van der Waals surface area contributed by atoms with E-state index in [1.807, 2.05) is 17.9 Å². The molecule has 1 amide bonds. The third-order valence-electron chi connectivity index (χ3n) is 8.11. The van der Waals surface area contributed by atoms with Crippen molar-refractivity contribution in [3.05, 3.63) is 72.8 Å². The van der Waals surface area contributed by atoms with Crippen molar-refractivity contribution in [1.82, 2.24) is 24.6 Å². The second kappa shape index (κ2) is 12.5. The molecule has 1 fully saturated rings. The molecule has 1 saturated heterocycles. The summed E-state index contributed by atoms with van der Waals surface area (Å²) in [5.41, 5.74) is 6.77. The number of aromatic nitrogens is 4. The van der Waals surface area contributed by atoms with Gasteiger partial charge in [0, 0.05) is 42.8 Å². The first kappa shape index (κ1) is 28.3. The lowest BCUT2D eigenvalue weighted by Gasteiger charge is -2.37. The van der Waals surface area contributed by atoms with E-state index in [-0.39, 0.29) is 5.91 Å². The van der Waals surface area contributed by atoms with Crippen LogP contribution in [0.1, 0.15) is 30.5 Å². The molecule has 5 rings (SSSR count). The highest BCUT2D eigenvalue weighted by Gasteiger charge is 2.24. The molecule has 214 valence electrons. The minimum absolute atomic E-state index is 0.225. The Balaban J connectivity index is 1.33. The van der Waals surface area contributed by atoms with Crippen LogP contribution in [-0.4, -0.2) is 70.9 Å². The van der Waals surface area contributed by atoms with E-state index in [0.29, 0.717) is 6.04 Å². The smallest absolute Gasteiger partial charge is 0.247 e. The summed E-state index contributed by atoms with van der Waals surface area (Å²) in [6.45, 7) is 5.76. The standard InChI is InChI=1S/C32H39N7O2/c1-6-32(40)36-28-16-23(31(41-5)19-30(28)38(3)26-12-14-37(2)15-13-26)8-7-9-25-18-27(34-21-33-25)22-10-11-24-20-35-39(4)29(24)17-22/h6,10-11,16-21,26H,1,7-9,12-15H2,2-5H3,(H,36,40). The maximum Gasteiger partial charge on any atom is 0.247 e. The van der Waals surface area contributed by atoms with Gasteiger partial charge < -0.3 is 19.9 Å². The molecule has 0 spiro atoms. The quantitative estimate of drug-likeness (QED) is 0.280. The number of hydrogen-bond donors (Lipinski definition) is 1. The van der Waals surface area contributed by atoms with E-state index in [1.165, 1.54) is 6.08 Å². The summed E-state index contributed by atoms with van der Waals surface area (Å²) < 4.78 is 7.72. The predicted octanol–water partition coefficient (Wildman–Crippen LogP) is 4.87. The minimum Gasteiger partial charge on any atom is -0.496 e. The van der Waals surface area contributed by atoms with Crippen LogP contribution >= 0.6 is 0 Å². The maximum absolute atomic E-state index is 12.4. The summed E-state index contributed by atoms with van der Waals surface area (Å²) >= 11 is 0. The zero-order valence-corrected chi connectivity index (χ0v) is 24.4. The third kappa shape index (κ3) is 6.41. The summed E-state index contributed by atoms with van der Waals surface area (Å²) in [7, 11) is 7.91. The van der Waals surface area contributed by atoms with E-state index in [1.54, 1.807) is 13.4 Å². The van der Waals surface area contributed by atoms with Crippen molar-refractivity contribution in [2.75, 3.05) is 44.5 Å². The molecule has 3 heterocycles. The number of carbonyl (C=O) groups excluding carboxylic acids is 1. The summed E-state index contributed by atoms with van der Waals surface area (Å²) in [6.07, 6.45) is 9.39. The Bertz CT molecular complexity index is 1540. The van der Waals surface area contributed by atoms with E-state index in [0.717, 1.165) is 95.7 Å². The molecule has 1 aliphatic rings. The number of piperidine rings is 1. The Hall–Kier alpha value is -4.24. The summed E-state index contributed by atoms with van der Waals surface area (Å²) in [6, 6.07) is 12.8. The number of methoxy groups -OCH3 is 1. The van der Waals surface area contributed by atoms with Crippen molar-refractivity contribution < 1.29 is 9.53 Å². The molecular formula is C32H39N7O2. The van der Waals surface area contributed by atoms with Crippen molar-refractivity contribution >= 4 is 28.2 Å². The van der Waals surface area contributed by atoms with E-state index >= 15 is 0 Å². The Morgan fingerprint density at radius 1 is 1.15 bits per heavy atom. The molecule has 0 bridgehead atoms. The van der Waals surface area contributed by atoms with Crippen LogP contribution in [0.2, 0.25) is 0 Å². The second-order valence-corrected chi connectivity index (χ2v) is 10.8. The van der Waals surface area contributed by atoms with Crippen LogP contribution in [0.25, 0.3) is 22.2 Å². The molecule has 41 heavy (non-hydrogen) atoms. The number of nitrogens with one attached hydrogen (secondary N) is 1. The molecule has 1 N–H and O–H groups in total. The fourth-order valence-electron chi connectivity index (χ4n) is 5.61. The van der Waals surface area contributed by atoms with Crippen molar-refractivity contribution in [2.24, 2.45) is 7.05 Å². The Morgan fingerprint density at radius 3 is 2.71 bits per heavy atom. The van der Waals surface area contributed by atoms with Gasteiger partial charge in [0.05, 0.1) is 35.9 Å². The SMILES string of the molecule is C=CC(=O)Nc1cc(CCCc2cc(-c3ccc4cnn(C)c4c3)ncn2)c(OC)cc1N(C)C1CCN(C)CC1. The molecule has 9 nitrogen and oxygen atoms in total. The van der Waals surface area contributed by atoms with Gasteiger partial charge in [-0.3, -0.25) is 9.48 Å². The summed E-state index contributed by atoms with van der Waals surface area (Å²) in [5.74, 6) is 0.598. The van der Waals surface area contributed by atoms with E-state index < -0.39 is 0 Å². The molecule has 2 aromatic heterocycles. The average molecular weight is 554 g/mol. The third-order valence-corrected chi connectivity index (χ3v) is 8.11. The molecule has 9 heteroatoms. The van der Waals surface area contributed by atoms with Gasteiger partial charge >= 0.3 is 0 Å². The zero-order valence-electron chi connectivity index (χ0n) is 24.4. The van der Waals surface area contributed by atoms with E-state index in [4.69, 9.17) is 4.74 Å². The van der Waals surface area contributed by atoms with Gasteiger partial charge in [-0.2, -0.15) is 5.10 Å². The highest BCUT2D eigenvalue weighted by atomic mass is 16.5. The van der Waals surface area contributed by atoms with Crippen LogP contribution in [0.3, 0.4) is 0 Å². The fraction of sp³-hybridized carbons (Fsp3) is 0.375. The van der Waals surface area contributed by atoms with Gasteiger partial charge in [-0.25, -0.2) is 9.97 Å². The van der Waals surface area contributed by atoms with Crippen LogP contribution in [0, 0.1) is 0 Å². The minimum atomic E-state index is -0.225. The number of ether oxygens (including phenoxy) is 1. The van der Waals surface area contributed by atoms with E-state index in [2.05, 4.69) is 87.3 Å². The van der Waals surface area contributed by atoms with Crippen molar-refractivity contribution in [2.45, 2.75) is 38.1 Å². The number of hydrogen-bond acceptors (Lipinski definition) is 7. The number of likely N-dealkylation sites (tertiary alicyclic amines) is 1. The molecule has 0 unspecified atom stereocenters. The van der Waals surface area contributed by atoms with Gasteiger partial charge in [-0.15, -0.1) is 0 Å². The van der Waals surface area contributed by atoms with Crippen LogP contribution in [0.15, 0.2) is 61.6 Å². The summed E-state index contributed by atoms with van der Waals surface area (Å²) in [4.78, 5) is 26.1. The van der Waals surface area contributed by atoms with Crippen molar-refractivity contribution in [3.63, 3.8) is 0 Å². The monoisotopic (exact) mass is 553 g/mol. The van der Waals surface area contributed by atoms with Crippen LogP contribution < -0.4 is 15.0 Å². The molecule has 0 aliphatic carbocycles. The van der Waals surface area contributed by atoms with Gasteiger partial charge in [0.2, 0.25) is 5.91 Å². The van der Waals surface area contributed by atoms with Crippen LogP contribution in [0.5, 0.6) is 5.75 Å². The molecule has 0 radical (unpaired) electrons. The first-order chi connectivity index (χ1) is 19.9. The largest absolute Gasteiger partial charge is 0.496 e. The molecule has 0 saturated carbocycles. The maximum atomic E-state index is 12.4. The number of aryl methyl sites for hydroxylation is 3. The highest BCUT2D eigenvalue weighted by Crippen LogP contribution is 2.36. The number of fused-ring (bicyclic) bond motifs is 1.